The van der Waals surface area contributed by atoms with Gasteiger partial charge < -0.3 is 11.1 Å². The Morgan fingerprint density at radius 2 is 2.00 bits per heavy atom. The molecule has 152 valence electrons. The van der Waals surface area contributed by atoms with E-state index in [-0.39, 0.29) is 28.5 Å². The molecule has 0 radical (unpaired) electrons. The van der Waals surface area contributed by atoms with E-state index in [1.807, 2.05) is 0 Å². The molecule has 2 aliphatic rings. The van der Waals surface area contributed by atoms with Crippen LogP contribution in [0.25, 0.3) is 0 Å². The molecule has 1 aliphatic heterocycles. The van der Waals surface area contributed by atoms with Crippen LogP contribution in [0.15, 0.2) is 41.5 Å². The molecule has 1 spiro atoms. The van der Waals surface area contributed by atoms with Crippen molar-refractivity contribution < 1.29 is 17.6 Å². The van der Waals surface area contributed by atoms with Gasteiger partial charge in [-0.1, -0.05) is 11.6 Å². The van der Waals surface area contributed by atoms with Gasteiger partial charge in [0.1, 0.15) is 27.6 Å². The number of sulfone groups is 1. The Morgan fingerprint density at radius 1 is 1.28 bits per heavy atom. The summed E-state index contributed by atoms with van der Waals surface area (Å²) in [6, 6.07) is 6.89. The summed E-state index contributed by atoms with van der Waals surface area (Å²) in [6.07, 6.45) is 2.21. The summed E-state index contributed by atoms with van der Waals surface area (Å²) in [5.74, 6) is -1.48. The number of hydrogen-bond acceptors (Lipinski definition) is 6. The normalized spacial score (nSPS) is 24.0. The Kier molecular flexibility index (Phi) is 4.43. The van der Waals surface area contributed by atoms with Crippen LogP contribution in [0.1, 0.15) is 35.8 Å². The minimum atomic E-state index is -3.59. The fraction of sp³-hybridized carbons (Fsp3) is 0.316. The van der Waals surface area contributed by atoms with E-state index >= 15 is 0 Å². The van der Waals surface area contributed by atoms with Crippen LogP contribution < -0.4 is 11.1 Å². The minimum absolute atomic E-state index is 0.0189. The Labute approximate surface area is 172 Å². The van der Waals surface area contributed by atoms with Crippen LogP contribution in [-0.4, -0.2) is 35.6 Å². The molecule has 0 saturated heterocycles. The van der Waals surface area contributed by atoms with Gasteiger partial charge in [-0.25, -0.2) is 17.8 Å². The Bertz CT molecular complexity index is 1150. The van der Waals surface area contributed by atoms with Crippen molar-refractivity contribution in [1.82, 2.24) is 4.98 Å². The van der Waals surface area contributed by atoms with Crippen LogP contribution in [0.4, 0.5) is 10.1 Å². The van der Waals surface area contributed by atoms with Crippen LogP contribution in [0.2, 0.25) is 5.02 Å². The first-order chi connectivity index (χ1) is 13.6. The maximum atomic E-state index is 14.6. The number of hydrogen-bond donors (Lipinski definition) is 2. The smallest absolute Gasteiger partial charge is 0.274 e. The van der Waals surface area contributed by atoms with Crippen LogP contribution >= 0.6 is 11.6 Å². The van der Waals surface area contributed by atoms with E-state index in [1.54, 1.807) is 0 Å². The molecular weight excluding hydrogens is 419 g/mol. The second kappa shape index (κ2) is 6.50. The zero-order valence-corrected chi connectivity index (χ0v) is 17.0. The van der Waals surface area contributed by atoms with Gasteiger partial charge in [0.15, 0.2) is 9.84 Å². The zero-order chi connectivity index (χ0) is 21.0. The number of carbonyl (C=O) groups is 1. The first-order valence-corrected chi connectivity index (χ1v) is 10.9. The molecule has 1 aliphatic carbocycles. The van der Waals surface area contributed by atoms with Crippen molar-refractivity contribution in [2.45, 2.75) is 30.1 Å². The molecule has 4 rings (SSSR count). The number of halogens is 2. The molecule has 1 amide bonds. The number of pyridine rings is 1. The number of amidine groups is 1. The summed E-state index contributed by atoms with van der Waals surface area (Å²) < 4.78 is 39.1. The number of nitrogens with one attached hydrogen (secondary N) is 1. The van der Waals surface area contributed by atoms with Crippen LogP contribution in [0.3, 0.4) is 0 Å². The summed E-state index contributed by atoms with van der Waals surface area (Å²) in [6.45, 7) is 1.53. The van der Waals surface area contributed by atoms with E-state index in [9.17, 15) is 17.6 Å². The van der Waals surface area contributed by atoms with Crippen molar-refractivity contribution in [3.05, 3.63) is 58.6 Å². The van der Waals surface area contributed by atoms with Crippen molar-refractivity contribution in [1.29, 1.82) is 0 Å². The lowest BCUT2D eigenvalue weighted by molar-refractivity contribution is 0.102. The summed E-state index contributed by atoms with van der Waals surface area (Å²) in [5.41, 5.74) is 5.04. The highest BCUT2D eigenvalue weighted by atomic mass is 35.5. The molecule has 1 saturated carbocycles. The second-order valence-electron chi connectivity index (χ2n) is 7.53. The highest BCUT2D eigenvalue weighted by molar-refractivity contribution is 7.94. The van der Waals surface area contributed by atoms with Gasteiger partial charge in [0.25, 0.3) is 5.91 Å². The maximum absolute atomic E-state index is 14.6. The second-order valence-corrected chi connectivity index (χ2v) is 10.3. The average Bonchev–Trinajstić information content (AvgIpc) is 3.44. The highest BCUT2D eigenvalue weighted by Gasteiger charge is 2.62. The van der Waals surface area contributed by atoms with E-state index in [1.165, 1.54) is 37.4 Å². The molecular formula is C19H18ClFN4O3S. The van der Waals surface area contributed by atoms with Gasteiger partial charge in [-0.05, 0) is 50.1 Å². The largest absolute Gasteiger partial charge is 0.386 e. The van der Waals surface area contributed by atoms with Gasteiger partial charge in [0.05, 0.1) is 10.8 Å². The van der Waals surface area contributed by atoms with Gasteiger partial charge in [0.2, 0.25) is 0 Å². The van der Waals surface area contributed by atoms with E-state index < -0.39 is 31.8 Å². The minimum Gasteiger partial charge on any atom is -0.386 e. The van der Waals surface area contributed by atoms with Crippen LogP contribution in [0, 0.1) is 5.82 Å². The molecule has 2 heterocycles. The van der Waals surface area contributed by atoms with Crippen LogP contribution in [-0.2, 0) is 15.4 Å². The molecule has 10 heteroatoms. The lowest BCUT2D eigenvalue weighted by atomic mass is 9.93. The van der Waals surface area contributed by atoms with Gasteiger partial charge in [0, 0.05) is 17.4 Å². The maximum Gasteiger partial charge on any atom is 0.274 e. The van der Waals surface area contributed by atoms with E-state index in [0.29, 0.717) is 17.9 Å². The van der Waals surface area contributed by atoms with Gasteiger partial charge in [-0.15, -0.1) is 0 Å². The number of nitrogens with two attached hydrogens (primary N) is 1. The first-order valence-electron chi connectivity index (χ1n) is 8.87. The fourth-order valence-electron chi connectivity index (χ4n) is 3.61. The summed E-state index contributed by atoms with van der Waals surface area (Å²) in [7, 11) is -3.59. The third kappa shape index (κ3) is 3.28. The number of carbonyl (C=O) groups excluding carboxylic acids is 1. The molecule has 1 atom stereocenters. The van der Waals surface area contributed by atoms with Crippen molar-refractivity contribution in [3.8, 4) is 0 Å². The SMILES string of the molecule is CC1(c2cc(NC(=O)c3ccc(Cl)cn3)ccc2F)CS(=O)(=O)C2(CC2)C(N)=N1. The third-order valence-electron chi connectivity index (χ3n) is 5.37. The number of anilines is 1. The predicted octanol–water partition coefficient (Wildman–Crippen LogP) is 2.66. The average molecular weight is 437 g/mol. The first kappa shape index (κ1) is 19.8. The number of rotatable bonds is 3. The lowest BCUT2D eigenvalue weighted by Gasteiger charge is -2.34. The molecule has 1 aromatic carbocycles. The summed E-state index contributed by atoms with van der Waals surface area (Å²) >= 11 is 5.77. The van der Waals surface area contributed by atoms with E-state index in [2.05, 4.69) is 15.3 Å². The van der Waals surface area contributed by atoms with Crippen molar-refractivity contribution in [2.75, 3.05) is 11.1 Å². The molecule has 29 heavy (non-hydrogen) atoms. The van der Waals surface area contributed by atoms with Gasteiger partial charge in [-0.3, -0.25) is 9.79 Å². The highest BCUT2D eigenvalue weighted by Crippen LogP contribution is 2.50. The monoisotopic (exact) mass is 436 g/mol. The van der Waals surface area contributed by atoms with Gasteiger partial charge >= 0.3 is 0 Å². The quantitative estimate of drug-likeness (QED) is 0.767. The Balaban J connectivity index is 1.68. The topological polar surface area (TPSA) is 115 Å². The summed E-state index contributed by atoms with van der Waals surface area (Å²) in [5, 5.41) is 3.01. The van der Waals surface area contributed by atoms with E-state index in [0.717, 1.165) is 6.07 Å². The molecule has 1 aromatic heterocycles. The molecule has 0 bridgehead atoms. The number of aromatic nitrogens is 1. The third-order valence-corrected chi connectivity index (χ3v) is 8.34. The number of nitrogens with zero attached hydrogens (tertiary/aromatic N) is 2. The van der Waals surface area contributed by atoms with Crippen molar-refractivity contribution in [2.24, 2.45) is 10.7 Å². The number of amides is 1. The molecule has 1 fully saturated rings. The van der Waals surface area contributed by atoms with E-state index in [4.69, 9.17) is 17.3 Å². The molecule has 2 aromatic rings. The Morgan fingerprint density at radius 3 is 2.59 bits per heavy atom. The molecule has 7 nitrogen and oxygen atoms in total. The lowest BCUT2D eigenvalue weighted by Crippen LogP contribution is -2.50. The fourth-order valence-corrected chi connectivity index (χ4v) is 6.04. The van der Waals surface area contributed by atoms with Crippen molar-refractivity contribution >= 4 is 38.9 Å². The molecule has 1 unspecified atom stereocenters. The number of aliphatic imine (C=N–C) groups is 1. The Hall–Kier alpha value is -2.52. The zero-order valence-electron chi connectivity index (χ0n) is 15.4. The predicted molar refractivity (Wildman–Crippen MR) is 108 cm³/mol. The molecule has 3 N–H and O–H groups in total. The number of benzene rings is 1. The summed E-state index contributed by atoms with van der Waals surface area (Å²) in [4.78, 5) is 20.7. The van der Waals surface area contributed by atoms with Crippen molar-refractivity contribution in [3.63, 3.8) is 0 Å². The van der Waals surface area contributed by atoms with Crippen LogP contribution in [0.5, 0.6) is 0 Å². The van der Waals surface area contributed by atoms with Gasteiger partial charge in [-0.2, -0.15) is 0 Å². The standard InChI is InChI=1S/C19H18ClFN4O3S/c1-18(10-29(27,28)19(6-7-19)17(22)25-18)13-8-12(3-4-14(13)21)24-16(26)15-5-2-11(20)9-23-15/h2-5,8-9H,6-7,10H2,1H3,(H2,22,25)(H,24,26).